The number of aromatic hydroxyl groups is 1. The van der Waals surface area contributed by atoms with Crippen molar-refractivity contribution in [3.8, 4) is 28.7 Å². The molecule has 1 aromatic heterocycles. The van der Waals surface area contributed by atoms with Crippen LogP contribution in [0.4, 0.5) is 0 Å². The van der Waals surface area contributed by atoms with E-state index >= 15 is 0 Å². The van der Waals surface area contributed by atoms with Crippen LogP contribution in [0.5, 0.6) is 28.7 Å². The summed E-state index contributed by atoms with van der Waals surface area (Å²) in [5.74, 6) is 0.658. The summed E-state index contributed by atoms with van der Waals surface area (Å²) in [6, 6.07) is 16.7. The molecular formula is C27H22O8. The van der Waals surface area contributed by atoms with Crippen LogP contribution in [0, 0.1) is 0 Å². The number of Topliss-reactive ketones (excluding diaryl/α,β-unsaturated/α-hetero) is 1. The molecule has 35 heavy (non-hydrogen) atoms. The molecule has 0 bridgehead atoms. The summed E-state index contributed by atoms with van der Waals surface area (Å²) in [7, 11) is 3.00. The second-order valence-electron chi connectivity index (χ2n) is 8.01. The number of para-hydroxylation sites is 1. The molecule has 5 rings (SSSR count). The van der Waals surface area contributed by atoms with Crippen molar-refractivity contribution in [2.75, 3.05) is 21.0 Å². The maximum Gasteiger partial charge on any atom is 0.343 e. The van der Waals surface area contributed by atoms with E-state index in [2.05, 4.69) is 0 Å². The molecule has 0 radical (unpaired) electrons. The Hall–Kier alpha value is -4.46. The summed E-state index contributed by atoms with van der Waals surface area (Å²) in [5, 5.41) is 11.5. The first-order valence-corrected chi connectivity index (χ1v) is 10.9. The quantitative estimate of drug-likeness (QED) is 0.305. The van der Waals surface area contributed by atoms with Gasteiger partial charge in [0.05, 0.1) is 25.2 Å². The third-order valence-corrected chi connectivity index (χ3v) is 6.06. The van der Waals surface area contributed by atoms with Crippen LogP contribution in [0.15, 0.2) is 69.9 Å². The lowest BCUT2D eigenvalue weighted by Crippen LogP contribution is -2.17. The number of methoxy groups -OCH3 is 2. The fourth-order valence-electron chi connectivity index (χ4n) is 4.28. The maximum atomic E-state index is 13.4. The third kappa shape index (κ3) is 4.03. The zero-order chi connectivity index (χ0) is 24.5. The largest absolute Gasteiger partial charge is 0.507 e. The van der Waals surface area contributed by atoms with Gasteiger partial charge in [-0.2, -0.15) is 0 Å². The van der Waals surface area contributed by atoms with Gasteiger partial charge in [0, 0.05) is 17.9 Å². The van der Waals surface area contributed by atoms with Gasteiger partial charge in [0.1, 0.15) is 11.3 Å². The van der Waals surface area contributed by atoms with Gasteiger partial charge in [-0.05, 0) is 48.0 Å². The number of benzene rings is 3. The number of rotatable bonds is 7. The number of hydrogen-bond acceptors (Lipinski definition) is 8. The van der Waals surface area contributed by atoms with E-state index in [9.17, 15) is 14.7 Å². The minimum atomic E-state index is -0.814. The number of ketones is 1. The number of hydrogen-bond donors (Lipinski definition) is 1. The molecule has 178 valence electrons. The van der Waals surface area contributed by atoms with E-state index in [1.165, 1.54) is 14.2 Å². The summed E-state index contributed by atoms with van der Waals surface area (Å²) < 4.78 is 27.0. The molecule has 0 spiro atoms. The van der Waals surface area contributed by atoms with Crippen LogP contribution in [0.1, 0.15) is 33.8 Å². The second-order valence-corrected chi connectivity index (χ2v) is 8.01. The summed E-state index contributed by atoms with van der Waals surface area (Å²) in [5.41, 5.74) is 0.508. The van der Waals surface area contributed by atoms with Crippen molar-refractivity contribution in [2.45, 2.75) is 12.3 Å². The van der Waals surface area contributed by atoms with E-state index < -0.39 is 11.5 Å². The van der Waals surface area contributed by atoms with Crippen molar-refractivity contribution in [1.29, 1.82) is 0 Å². The summed E-state index contributed by atoms with van der Waals surface area (Å²) in [6.45, 7) is 0.0807. The fourth-order valence-corrected chi connectivity index (χ4v) is 4.28. The van der Waals surface area contributed by atoms with Crippen molar-refractivity contribution in [1.82, 2.24) is 0 Å². The Bertz CT molecular complexity index is 1490. The summed E-state index contributed by atoms with van der Waals surface area (Å²) in [4.78, 5) is 26.5. The van der Waals surface area contributed by atoms with E-state index in [1.807, 2.05) is 0 Å². The number of carbonyl (C=O) groups is 1. The number of carbonyl (C=O) groups excluding carboxylic acids is 1. The molecule has 0 saturated heterocycles. The molecule has 1 aliphatic rings. The Kier molecular flexibility index (Phi) is 5.78. The molecular weight excluding hydrogens is 452 g/mol. The molecule has 0 saturated carbocycles. The number of ether oxygens (including phenoxy) is 4. The Balaban J connectivity index is 1.62. The second kappa shape index (κ2) is 9.06. The van der Waals surface area contributed by atoms with Crippen LogP contribution in [0.3, 0.4) is 0 Å². The lowest BCUT2D eigenvalue weighted by molar-refractivity contribution is 0.0976. The van der Waals surface area contributed by atoms with E-state index in [0.29, 0.717) is 39.5 Å². The van der Waals surface area contributed by atoms with Gasteiger partial charge in [-0.15, -0.1) is 0 Å². The van der Waals surface area contributed by atoms with E-state index in [0.717, 1.165) is 0 Å². The van der Waals surface area contributed by atoms with Gasteiger partial charge < -0.3 is 28.5 Å². The van der Waals surface area contributed by atoms with Gasteiger partial charge in [-0.1, -0.05) is 18.2 Å². The average molecular weight is 474 g/mol. The van der Waals surface area contributed by atoms with Gasteiger partial charge in [0.2, 0.25) is 6.79 Å². The Morgan fingerprint density at radius 3 is 2.54 bits per heavy atom. The first-order valence-electron chi connectivity index (χ1n) is 10.9. The first kappa shape index (κ1) is 22.3. The molecule has 0 amide bonds. The van der Waals surface area contributed by atoms with Gasteiger partial charge in [0.25, 0.3) is 0 Å². The molecule has 0 unspecified atom stereocenters. The molecule has 1 aliphatic heterocycles. The predicted molar refractivity (Wildman–Crippen MR) is 127 cm³/mol. The highest BCUT2D eigenvalue weighted by molar-refractivity contribution is 5.97. The molecule has 1 N–H and O–H groups in total. The van der Waals surface area contributed by atoms with Gasteiger partial charge in [0.15, 0.2) is 28.8 Å². The van der Waals surface area contributed by atoms with Crippen molar-refractivity contribution in [3.05, 3.63) is 87.8 Å². The molecule has 1 atom stereocenters. The first-order chi connectivity index (χ1) is 17.0. The lowest BCUT2D eigenvalue weighted by Gasteiger charge is -2.19. The number of fused-ring (bicyclic) bond motifs is 2. The third-order valence-electron chi connectivity index (χ3n) is 6.06. The zero-order valence-corrected chi connectivity index (χ0v) is 19.1. The van der Waals surface area contributed by atoms with Gasteiger partial charge in [-0.25, -0.2) is 4.79 Å². The van der Waals surface area contributed by atoms with Crippen molar-refractivity contribution >= 4 is 16.8 Å². The van der Waals surface area contributed by atoms with E-state index in [4.69, 9.17) is 23.4 Å². The Morgan fingerprint density at radius 1 is 0.971 bits per heavy atom. The van der Waals surface area contributed by atoms with Crippen molar-refractivity contribution in [3.63, 3.8) is 0 Å². The molecule has 3 aromatic carbocycles. The zero-order valence-electron chi connectivity index (χ0n) is 19.1. The summed E-state index contributed by atoms with van der Waals surface area (Å²) in [6.07, 6.45) is -0.119. The molecule has 2 heterocycles. The van der Waals surface area contributed by atoms with E-state index in [-0.39, 0.29) is 35.9 Å². The highest BCUT2D eigenvalue weighted by Gasteiger charge is 2.29. The normalized spacial score (nSPS) is 13.0. The smallest absolute Gasteiger partial charge is 0.343 e. The summed E-state index contributed by atoms with van der Waals surface area (Å²) >= 11 is 0. The molecule has 0 fully saturated rings. The topological polar surface area (TPSA) is 104 Å². The van der Waals surface area contributed by atoms with Crippen LogP contribution in [0.2, 0.25) is 0 Å². The van der Waals surface area contributed by atoms with Crippen LogP contribution in [0.25, 0.3) is 11.0 Å². The van der Waals surface area contributed by atoms with Gasteiger partial charge >= 0.3 is 5.63 Å². The molecule has 4 aromatic rings. The fraction of sp³-hybridized carbons (Fsp3) is 0.185. The van der Waals surface area contributed by atoms with Crippen LogP contribution >= 0.6 is 0 Å². The highest BCUT2D eigenvalue weighted by Crippen LogP contribution is 2.41. The lowest BCUT2D eigenvalue weighted by atomic mass is 9.85. The minimum absolute atomic E-state index is 0.00334. The maximum absolute atomic E-state index is 13.4. The van der Waals surface area contributed by atoms with Gasteiger partial charge in [-0.3, -0.25) is 4.79 Å². The van der Waals surface area contributed by atoms with Crippen LogP contribution in [-0.2, 0) is 0 Å². The minimum Gasteiger partial charge on any atom is -0.507 e. The average Bonchev–Trinajstić information content (AvgIpc) is 3.35. The molecule has 8 heteroatoms. The highest BCUT2D eigenvalue weighted by atomic mass is 16.7. The van der Waals surface area contributed by atoms with Crippen molar-refractivity contribution in [2.24, 2.45) is 0 Å². The van der Waals surface area contributed by atoms with E-state index in [1.54, 1.807) is 60.7 Å². The standard InChI is InChI=1S/C27H22O8/c1-31-21-9-8-16(12-23(21)32-2)19(28)13-18(15-7-10-22-24(11-15)34-14-33-22)25-26(29)17-5-3-4-6-20(17)35-27(25)30/h3-12,18,29H,13-14H2,1-2H3/t18-/m1/s1. The monoisotopic (exact) mass is 474 g/mol. The van der Waals surface area contributed by atoms with Crippen LogP contribution in [-0.4, -0.2) is 31.9 Å². The molecule has 8 nitrogen and oxygen atoms in total. The Morgan fingerprint density at radius 2 is 1.74 bits per heavy atom. The van der Waals surface area contributed by atoms with Crippen LogP contribution < -0.4 is 24.6 Å². The SMILES string of the molecule is COc1ccc(C(=O)C[C@H](c2ccc3c(c2)OCO3)c2c(O)c3ccccc3oc2=O)cc1OC. The Labute approximate surface area is 200 Å². The molecule has 0 aliphatic carbocycles. The predicted octanol–water partition coefficient (Wildman–Crippen LogP) is 4.65. The van der Waals surface area contributed by atoms with Crippen molar-refractivity contribution < 1.29 is 33.3 Å².